The number of anilines is 1. The Morgan fingerprint density at radius 2 is 2.10 bits per heavy atom. The molecule has 2 unspecified atom stereocenters. The van der Waals surface area contributed by atoms with Crippen molar-refractivity contribution in [2.24, 2.45) is 5.92 Å². The number of rotatable bonds is 5. The monoisotopic (exact) mass is 292 g/mol. The highest BCUT2D eigenvalue weighted by atomic mass is 16.5. The average Bonchev–Trinajstić information content (AvgIpc) is 2.46. The van der Waals surface area contributed by atoms with Crippen LogP contribution in [0.25, 0.3) is 0 Å². The van der Waals surface area contributed by atoms with E-state index in [0.29, 0.717) is 17.4 Å². The highest BCUT2D eigenvalue weighted by Crippen LogP contribution is 2.18. The van der Waals surface area contributed by atoms with Crippen molar-refractivity contribution in [2.75, 3.05) is 18.5 Å². The molecule has 0 aliphatic carbocycles. The van der Waals surface area contributed by atoms with Gasteiger partial charge >= 0.3 is 5.97 Å². The van der Waals surface area contributed by atoms with Gasteiger partial charge in [-0.3, -0.25) is 4.79 Å². The number of carbonyl (C=O) groups is 2. The second-order valence-electron chi connectivity index (χ2n) is 5.33. The molecule has 6 heteroatoms. The van der Waals surface area contributed by atoms with Crippen LogP contribution in [-0.2, 0) is 9.59 Å². The van der Waals surface area contributed by atoms with Crippen molar-refractivity contribution in [3.8, 4) is 5.75 Å². The Hall–Kier alpha value is -2.08. The van der Waals surface area contributed by atoms with E-state index in [1.54, 1.807) is 24.3 Å². The minimum atomic E-state index is -1.02. The SMILES string of the molecule is CC1CCNC(C(=O)Nc2ccc(OCC(=O)O)cc2)C1. The van der Waals surface area contributed by atoms with Crippen LogP contribution < -0.4 is 15.4 Å². The summed E-state index contributed by atoms with van der Waals surface area (Å²) in [5, 5.41) is 14.6. The van der Waals surface area contributed by atoms with Gasteiger partial charge in [-0.15, -0.1) is 0 Å². The Morgan fingerprint density at radius 3 is 2.71 bits per heavy atom. The fourth-order valence-electron chi connectivity index (χ4n) is 2.32. The van der Waals surface area contributed by atoms with Crippen molar-refractivity contribution in [1.29, 1.82) is 0 Å². The molecular weight excluding hydrogens is 272 g/mol. The van der Waals surface area contributed by atoms with Crippen molar-refractivity contribution in [1.82, 2.24) is 5.32 Å². The maximum atomic E-state index is 12.1. The van der Waals surface area contributed by atoms with E-state index in [4.69, 9.17) is 9.84 Å². The predicted molar refractivity (Wildman–Crippen MR) is 78.4 cm³/mol. The summed E-state index contributed by atoms with van der Waals surface area (Å²) >= 11 is 0. The topological polar surface area (TPSA) is 87.7 Å². The number of hydrogen-bond donors (Lipinski definition) is 3. The minimum absolute atomic E-state index is 0.0410. The molecule has 114 valence electrons. The van der Waals surface area contributed by atoms with E-state index in [1.807, 2.05) is 0 Å². The molecule has 0 bridgehead atoms. The number of benzene rings is 1. The molecule has 1 aliphatic heterocycles. The third kappa shape index (κ3) is 4.75. The van der Waals surface area contributed by atoms with Gasteiger partial charge in [0.25, 0.3) is 0 Å². The molecule has 1 aliphatic rings. The number of nitrogens with one attached hydrogen (secondary N) is 2. The van der Waals surface area contributed by atoms with Gasteiger partial charge in [-0.25, -0.2) is 4.79 Å². The summed E-state index contributed by atoms with van der Waals surface area (Å²) < 4.78 is 5.03. The Bertz CT molecular complexity index is 501. The highest BCUT2D eigenvalue weighted by Gasteiger charge is 2.24. The summed E-state index contributed by atoms with van der Waals surface area (Å²) in [6.45, 7) is 2.63. The number of hydrogen-bond acceptors (Lipinski definition) is 4. The van der Waals surface area contributed by atoms with Crippen LogP contribution in [0.4, 0.5) is 5.69 Å². The summed E-state index contributed by atoms with van der Waals surface area (Å²) in [5.41, 5.74) is 0.669. The van der Waals surface area contributed by atoms with Crippen molar-refractivity contribution >= 4 is 17.6 Å². The van der Waals surface area contributed by atoms with E-state index >= 15 is 0 Å². The van der Waals surface area contributed by atoms with E-state index in [2.05, 4.69) is 17.6 Å². The third-order valence-corrected chi connectivity index (χ3v) is 3.47. The minimum Gasteiger partial charge on any atom is -0.482 e. The van der Waals surface area contributed by atoms with E-state index in [-0.39, 0.29) is 18.6 Å². The first-order chi connectivity index (χ1) is 10.0. The van der Waals surface area contributed by atoms with Crippen LogP contribution in [0, 0.1) is 5.92 Å². The summed E-state index contributed by atoms with van der Waals surface area (Å²) in [5.74, 6) is -0.0563. The molecule has 0 saturated carbocycles. The summed E-state index contributed by atoms with van der Waals surface area (Å²) in [4.78, 5) is 22.5. The van der Waals surface area contributed by atoms with Gasteiger partial charge in [0, 0.05) is 5.69 Å². The zero-order valence-electron chi connectivity index (χ0n) is 12.0. The molecule has 1 fully saturated rings. The number of ether oxygens (including phenoxy) is 1. The molecule has 0 aromatic heterocycles. The summed E-state index contributed by atoms with van der Waals surface area (Å²) in [6.07, 6.45) is 1.94. The van der Waals surface area contributed by atoms with Crippen LogP contribution in [0.15, 0.2) is 24.3 Å². The fraction of sp³-hybridized carbons (Fsp3) is 0.467. The van der Waals surface area contributed by atoms with Gasteiger partial charge in [-0.05, 0) is 49.6 Å². The Balaban J connectivity index is 1.87. The van der Waals surface area contributed by atoms with Gasteiger partial charge in [0.05, 0.1) is 6.04 Å². The summed E-state index contributed by atoms with van der Waals surface area (Å²) in [6, 6.07) is 6.50. The van der Waals surface area contributed by atoms with E-state index in [9.17, 15) is 9.59 Å². The zero-order chi connectivity index (χ0) is 15.2. The largest absolute Gasteiger partial charge is 0.482 e. The lowest BCUT2D eigenvalue weighted by atomic mass is 9.94. The normalized spacial score (nSPS) is 21.6. The molecule has 1 aromatic carbocycles. The Kier molecular flexibility index (Phi) is 5.16. The van der Waals surface area contributed by atoms with E-state index < -0.39 is 5.97 Å². The summed E-state index contributed by atoms with van der Waals surface area (Å²) in [7, 11) is 0. The first kappa shape index (κ1) is 15.3. The van der Waals surface area contributed by atoms with Crippen LogP contribution in [0.2, 0.25) is 0 Å². The van der Waals surface area contributed by atoms with Crippen molar-refractivity contribution in [3.63, 3.8) is 0 Å². The van der Waals surface area contributed by atoms with Gasteiger partial charge < -0.3 is 20.5 Å². The molecule has 2 rings (SSSR count). The number of carbonyl (C=O) groups excluding carboxylic acids is 1. The average molecular weight is 292 g/mol. The van der Waals surface area contributed by atoms with Gasteiger partial charge in [0.2, 0.25) is 5.91 Å². The molecule has 2 atom stereocenters. The first-order valence-corrected chi connectivity index (χ1v) is 7.03. The number of piperidine rings is 1. The fourth-order valence-corrected chi connectivity index (χ4v) is 2.32. The Labute approximate surface area is 123 Å². The number of amides is 1. The lowest BCUT2D eigenvalue weighted by Gasteiger charge is -2.27. The van der Waals surface area contributed by atoms with Gasteiger partial charge in [0.15, 0.2) is 6.61 Å². The predicted octanol–water partition coefficient (Wildman–Crippen LogP) is 1.48. The molecular formula is C15H20N2O4. The number of aliphatic carboxylic acids is 1. The molecule has 0 spiro atoms. The number of carboxylic acids is 1. The van der Waals surface area contributed by atoms with Crippen LogP contribution in [0.3, 0.4) is 0 Å². The lowest BCUT2D eigenvalue weighted by Crippen LogP contribution is -2.45. The van der Waals surface area contributed by atoms with Crippen molar-refractivity contribution in [3.05, 3.63) is 24.3 Å². The molecule has 1 heterocycles. The maximum absolute atomic E-state index is 12.1. The van der Waals surface area contributed by atoms with Crippen LogP contribution >= 0.6 is 0 Å². The molecule has 1 saturated heterocycles. The highest BCUT2D eigenvalue weighted by molar-refractivity contribution is 5.94. The molecule has 3 N–H and O–H groups in total. The van der Waals surface area contributed by atoms with E-state index in [1.165, 1.54) is 0 Å². The Morgan fingerprint density at radius 1 is 1.38 bits per heavy atom. The second kappa shape index (κ2) is 7.08. The molecule has 0 radical (unpaired) electrons. The van der Waals surface area contributed by atoms with E-state index in [0.717, 1.165) is 19.4 Å². The zero-order valence-corrected chi connectivity index (χ0v) is 12.0. The van der Waals surface area contributed by atoms with Gasteiger partial charge in [-0.2, -0.15) is 0 Å². The van der Waals surface area contributed by atoms with Crippen LogP contribution in [-0.4, -0.2) is 36.2 Å². The second-order valence-corrected chi connectivity index (χ2v) is 5.33. The smallest absolute Gasteiger partial charge is 0.341 e. The quantitative estimate of drug-likeness (QED) is 0.765. The maximum Gasteiger partial charge on any atom is 0.341 e. The van der Waals surface area contributed by atoms with Crippen molar-refractivity contribution < 1.29 is 19.4 Å². The van der Waals surface area contributed by atoms with Crippen LogP contribution in [0.5, 0.6) is 5.75 Å². The molecule has 1 amide bonds. The number of carboxylic acid groups (broad SMARTS) is 1. The molecule has 21 heavy (non-hydrogen) atoms. The third-order valence-electron chi connectivity index (χ3n) is 3.47. The van der Waals surface area contributed by atoms with Gasteiger partial charge in [0.1, 0.15) is 5.75 Å². The first-order valence-electron chi connectivity index (χ1n) is 7.03. The standard InChI is InChI=1S/C15H20N2O4/c1-10-6-7-16-13(8-10)15(20)17-11-2-4-12(5-3-11)21-9-14(18)19/h2-5,10,13,16H,6-9H2,1H3,(H,17,20)(H,18,19). The molecule has 6 nitrogen and oxygen atoms in total. The van der Waals surface area contributed by atoms with Crippen LogP contribution in [0.1, 0.15) is 19.8 Å². The lowest BCUT2D eigenvalue weighted by molar-refractivity contribution is -0.139. The molecule has 1 aromatic rings. The van der Waals surface area contributed by atoms with Gasteiger partial charge in [-0.1, -0.05) is 6.92 Å². The van der Waals surface area contributed by atoms with Crippen molar-refractivity contribution in [2.45, 2.75) is 25.8 Å².